The summed E-state index contributed by atoms with van der Waals surface area (Å²) < 4.78 is 13.6. The molecule has 2 aliphatic rings. The normalized spacial score (nSPS) is 22.0. The minimum atomic E-state index is -0.297. The van der Waals surface area contributed by atoms with E-state index >= 15 is 0 Å². The molecule has 2 amide bonds. The molecule has 6 heteroatoms. The quantitative estimate of drug-likeness (QED) is 0.657. The SMILES string of the molecule is O=C(Cc1ccccc1)N1CC(=O)N2[C@H](C1)[C@@H](c1ccc(-c3cccc(F)c3)cc1)[C@@H]2CO. The van der Waals surface area contributed by atoms with Crippen LogP contribution < -0.4 is 0 Å². The fraction of sp³-hybridized carbons (Fsp3) is 0.259. The number of piperazine rings is 1. The Bertz CT molecular complexity index is 1170. The Morgan fingerprint density at radius 1 is 0.970 bits per heavy atom. The first-order valence-corrected chi connectivity index (χ1v) is 11.1. The van der Waals surface area contributed by atoms with Gasteiger partial charge >= 0.3 is 0 Å². The van der Waals surface area contributed by atoms with E-state index in [0.717, 1.165) is 22.3 Å². The van der Waals surface area contributed by atoms with Crippen molar-refractivity contribution < 1.29 is 19.1 Å². The highest BCUT2D eigenvalue weighted by Crippen LogP contribution is 2.43. The number of fused-ring (bicyclic) bond motifs is 1. The lowest BCUT2D eigenvalue weighted by Gasteiger charge is -2.58. The van der Waals surface area contributed by atoms with E-state index in [2.05, 4.69) is 0 Å². The number of benzene rings is 3. The molecule has 0 bridgehead atoms. The first-order chi connectivity index (χ1) is 16.0. The first-order valence-electron chi connectivity index (χ1n) is 11.1. The zero-order chi connectivity index (χ0) is 22.9. The number of carbonyl (C=O) groups is 2. The molecule has 5 nitrogen and oxygen atoms in total. The average molecular weight is 445 g/mol. The van der Waals surface area contributed by atoms with Crippen molar-refractivity contribution in [3.05, 3.63) is 95.8 Å². The minimum absolute atomic E-state index is 0.0455. The second kappa shape index (κ2) is 8.79. The molecule has 3 aromatic rings. The Kier molecular flexibility index (Phi) is 5.68. The molecule has 0 spiro atoms. The van der Waals surface area contributed by atoms with E-state index in [1.807, 2.05) is 60.7 Å². The second-order valence-electron chi connectivity index (χ2n) is 8.71. The maximum Gasteiger partial charge on any atom is 0.242 e. The Morgan fingerprint density at radius 2 is 1.73 bits per heavy atom. The summed E-state index contributed by atoms with van der Waals surface area (Å²) in [7, 11) is 0. The van der Waals surface area contributed by atoms with Gasteiger partial charge in [0, 0.05) is 12.5 Å². The van der Waals surface area contributed by atoms with Gasteiger partial charge in [0.25, 0.3) is 0 Å². The van der Waals surface area contributed by atoms with E-state index in [-0.39, 0.29) is 55.2 Å². The lowest BCUT2D eigenvalue weighted by Crippen LogP contribution is -2.73. The van der Waals surface area contributed by atoms with E-state index in [4.69, 9.17) is 0 Å². The van der Waals surface area contributed by atoms with E-state index in [9.17, 15) is 19.1 Å². The summed E-state index contributed by atoms with van der Waals surface area (Å²) in [6.45, 7) is 0.366. The number of aliphatic hydroxyl groups excluding tert-OH is 1. The monoisotopic (exact) mass is 444 g/mol. The predicted octanol–water partition coefficient (Wildman–Crippen LogP) is 3.23. The predicted molar refractivity (Wildman–Crippen MR) is 123 cm³/mol. The van der Waals surface area contributed by atoms with Crippen LogP contribution in [0.3, 0.4) is 0 Å². The number of rotatable bonds is 5. The maximum absolute atomic E-state index is 13.6. The van der Waals surface area contributed by atoms with Crippen LogP contribution in [-0.2, 0) is 16.0 Å². The van der Waals surface area contributed by atoms with Gasteiger partial charge in [-0.2, -0.15) is 0 Å². The van der Waals surface area contributed by atoms with Gasteiger partial charge in [0.1, 0.15) is 5.82 Å². The number of nitrogens with zero attached hydrogens (tertiary/aromatic N) is 2. The molecule has 33 heavy (non-hydrogen) atoms. The van der Waals surface area contributed by atoms with Gasteiger partial charge < -0.3 is 14.9 Å². The van der Waals surface area contributed by atoms with Gasteiger partial charge in [-0.15, -0.1) is 0 Å². The molecular formula is C27H25FN2O3. The Morgan fingerprint density at radius 3 is 2.42 bits per heavy atom. The van der Waals surface area contributed by atoms with Crippen LogP contribution in [0.5, 0.6) is 0 Å². The van der Waals surface area contributed by atoms with Gasteiger partial charge in [-0.3, -0.25) is 9.59 Å². The molecule has 3 aromatic carbocycles. The summed E-state index contributed by atoms with van der Waals surface area (Å²) in [4.78, 5) is 29.1. The van der Waals surface area contributed by atoms with E-state index in [1.165, 1.54) is 12.1 Å². The number of hydrogen-bond acceptors (Lipinski definition) is 3. The van der Waals surface area contributed by atoms with Gasteiger partial charge in [0.05, 0.1) is 31.7 Å². The molecule has 5 rings (SSSR count). The van der Waals surface area contributed by atoms with Gasteiger partial charge in [-0.1, -0.05) is 66.7 Å². The molecule has 0 radical (unpaired) electrons. The van der Waals surface area contributed by atoms with Crippen LogP contribution in [0.4, 0.5) is 4.39 Å². The summed E-state index contributed by atoms with van der Waals surface area (Å²) in [6, 6.07) is 23.3. The Balaban J connectivity index is 1.35. The lowest BCUT2D eigenvalue weighted by molar-refractivity contribution is -0.166. The van der Waals surface area contributed by atoms with Crippen molar-refractivity contribution in [2.45, 2.75) is 24.4 Å². The molecule has 0 unspecified atom stereocenters. The average Bonchev–Trinajstić information content (AvgIpc) is 2.81. The maximum atomic E-state index is 13.6. The number of aliphatic hydroxyl groups is 1. The van der Waals surface area contributed by atoms with Gasteiger partial charge in [0.15, 0.2) is 0 Å². The molecule has 2 aliphatic heterocycles. The lowest BCUT2D eigenvalue weighted by atomic mass is 9.73. The standard InChI is InChI=1S/C27H25FN2O3/c28-22-8-4-7-21(14-22)19-9-11-20(12-10-19)27-23-15-29(16-26(33)30(23)24(27)17-31)25(32)13-18-5-2-1-3-6-18/h1-12,14,23-24,27,31H,13,15-17H2/t23-,24+,27-/m1/s1. The largest absolute Gasteiger partial charge is 0.394 e. The Hall–Kier alpha value is -3.51. The zero-order valence-electron chi connectivity index (χ0n) is 18.1. The van der Waals surface area contributed by atoms with Crippen molar-refractivity contribution in [2.24, 2.45) is 0 Å². The third kappa shape index (κ3) is 4.02. The van der Waals surface area contributed by atoms with E-state index < -0.39 is 0 Å². The van der Waals surface area contributed by atoms with Gasteiger partial charge in [-0.25, -0.2) is 4.39 Å². The first kappa shape index (κ1) is 21.3. The molecule has 2 fully saturated rings. The van der Waals surface area contributed by atoms with Crippen LogP contribution in [0.15, 0.2) is 78.9 Å². The second-order valence-corrected chi connectivity index (χ2v) is 8.71. The summed E-state index contributed by atoms with van der Waals surface area (Å²) in [5.74, 6) is -0.540. The molecular weight excluding hydrogens is 419 g/mol. The van der Waals surface area contributed by atoms with Crippen molar-refractivity contribution in [1.29, 1.82) is 0 Å². The molecule has 0 saturated carbocycles. The fourth-order valence-corrected chi connectivity index (χ4v) is 5.14. The van der Waals surface area contributed by atoms with Crippen molar-refractivity contribution in [3.8, 4) is 11.1 Å². The number of carbonyl (C=O) groups excluding carboxylic acids is 2. The summed E-state index contributed by atoms with van der Waals surface area (Å²) in [5, 5.41) is 9.99. The van der Waals surface area contributed by atoms with Crippen LogP contribution >= 0.6 is 0 Å². The van der Waals surface area contributed by atoms with Crippen LogP contribution in [-0.4, -0.2) is 58.5 Å². The van der Waals surface area contributed by atoms with Crippen molar-refractivity contribution >= 4 is 11.8 Å². The summed E-state index contributed by atoms with van der Waals surface area (Å²) >= 11 is 0. The molecule has 0 aliphatic carbocycles. The highest BCUT2D eigenvalue weighted by molar-refractivity contribution is 5.88. The molecule has 3 atom stereocenters. The van der Waals surface area contributed by atoms with Gasteiger partial charge in [0.2, 0.25) is 11.8 Å². The summed E-state index contributed by atoms with van der Waals surface area (Å²) in [5.41, 5.74) is 3.61. The smallest absolute Gasteiger partial charge is 0.242 e. The highest BCUT2D eigenvalue weighted by atomic mass is 19.1. The molecule has 2 saturated heterocycles. The third-order valence-electron chi connectivity index (χ3n) is 6.76. The topological polar surface area (TPSA) is 60.9 Å². The zero-order valence-corrected chi connectivity index (χ0v) is 18.1. The molecule has 2 heterocycles. The summed E-state index contributed by atoms with van der Waals surface area (Å²) in [6.07, 6.45) is 0.261. The fourth-order valence-electron chi connectivity index (χ4n) is 5.14. The minimum Gasteiger partial charge on any atom is -0.394 e. The van der Waals surface area contributed by atoms with Crippen LogP contribution in [0.1, 0.15) is 17.0 Å². The number of halogens is 1. The number of hydrogen-bond donors (Lipinski definition) is 1. The van der Waals surface area contributed by atoms with Crippen LogP contribution in [0, 0.1) is 5.82 Å². The highest BCUT2D eigenvalue weighted by Gasteiger charge is 2.54. The van der Waals surface area contributed by atoms with Crippen molar-refractivity contribution in [1.82, 2.24) is 9.80 Å². The van der Waals surface area contributed by atoms with Gasteiger partial charge in [-0.05, 0) is 34.4 Å². The Labute approximate surface area is 192 Å². The van der Waals surface area contributed by atoms with Crippen LogP contribution in [0.25, 0.3) is 11.1 Å². The van der Waals surface area contributed by atoms with Crippen molar-refractivity contribution in [3.63, 3.8) is 0 Å². The van der Waals surface area contributed by atoms with E-state index in [0.29, 0.717) is 6.54 Å². The van der Waals surface area contributed by atoms with Crippen LogP contribution in [0.2, 0.25) is 0 Å². The van der Waals surface area contributed by atoms with E-state index in [1.54, 1.807) is 15.9 Å². The molecule has 168 valence electrons. The third-order valence-corrected chi connectivity index (χ3v) is 6.76. The number of amides is 2. The molecule has 0 aromatic heterocycles. The van der Waals surface area contributed by atoms with Crippen molar-refractivity contribution in [2.75, 3.05) is 19.7 Å². The molecule has 1 N–H and O–H groups in total.